The van der Waals surface area contributed by atoms with Crippen molar-refractivity contribution in [2.24, 2.45) is 0 Å². The molecule has 2 N–H and O–H groups in total. The van der Waals surface area contributed by atoms with Crippen LogP contribution in [-0.2, 0) is 0 Å². The molecule has 0 radical (unpaired) electrons. The molecule has 4 nitrogen and oxygen atoms in total. The zero-order valence-corrected chi connectivity index (χ0v) is 11.1. The highest BCUT2D eigenvalue weighted by atomic mass is 32.1. The number of hydrogen-bond donors (Lipinski definition) is 2. The van der Waals surface area contributed by atoms with Crippen LogP contribution in [0.25, 0.3) is 17.1 Å². The Kier molecular flexibility index (Phi) is 3.08. The average molecular weight is 287 g/mol. The van der Waals surface area contributed by atoms with E-state index in [-0.39, 0.29) is 17.1 Å². The third-order valence-electron chi connectivity index (χ3n) is 2.90. The first-order valence-electron chi connectivity index (χ1n) is 5.89. The molecule has 0 amide bonds. The number of aromatic hydroxyl groups is 1. The number of benzene rings is 2. The van der Waals surface area contributed by atoms with Crippen molar-refractivity contribution in [1.29, 1.82) is 0 Å². The molecule has 3 aromatic rings. The quantitative estimate of drug-likeness (QED) is 0.710. The summed E-state index contributed by atoms with van der Waals surface area (Å²) in [6.45, 7) is 0. The van der Waals surface area contributed by atoms with E-state index in [9.17, 15) is 9.50 Å². The molecule has 0 aliphatic rings. The maximum absolute atomic E-state index is 14.0. The molecule has 0 atom stereocenters. The van der Waals surface area contributed by atoms with Crippen molar-refractivity contribution >= 4 is 12.2 Å². The molecule has 0 unspecified atom stereocenters. The van der Waals surface area contributed by atoms with Crippen molar-refractivity contribution in [3.63, 3.8) is 0 Å². The number of hydrogen-bond acceptors (Lipinski definition) is 3. The van der Waals surface area contributed by atoms with Gasteiger partial charge in [0.05, 0.1) is 5.56 Å². The topological polar surface area (TPSA) is 53.8 Å². The minimum Gasteiger partial charge on any atom is -0.507 e. The monoisotopic (exact) mass is 287 g/mol. The van der Waals surface area contributed by atoms with Crippen molar-refractivity contribution in [2.75, 3.05) is 0 Å². The van der Waals surface area contributed by atoms with Crippen LogP contribution in [0.1, 0.15) is 0 Å². The first-order valence-corrected chi connectivity index (χ1v) is 6.30. The Hall–Kier alpha value is -2.47. The molecule has 20 heavy (non-hydrogen) atoms. The van der Waals surface area contributed by atoms with Gasteiger partial charge in [-0.3, -0.25) is 9.67 Å². The maximum atomic E-state index is 14.0. The lowest BCUT2D eigenvalue weighted by Crippen LogP contribution is -1.99. The SMILES string of the molecule is Oc1cccc(F)c1-c1n[nH]c(=S)n1-c1ccccc1. The third-order valence-corrected chi connectivity index (χ3v) is 3.18. The molecule has 0 spiro atoms. The summed E-state index contributed by atoms with van der Waals surface area (Å²) in [5.41, 5.74) is 0.757. The highest BCUT2D eigenvalue weighted by molar-refractivity contribution is 7.71. The van der Waals surface area contributed by atoms with Gasteiger partial charge in [-0.1, -0.05) is 24.3 Å². The second kappa shape index (κ2) is 4.90. The van der Waals surface area contributed by atoms with Gasteiger partial charge in [0.15, 0.2) is 10.6 Å². The zero-order valence-electron chi connectivity index (χ0n) is 10.2. The number of nitrogens with zero attached hydrogens (tertiary/aromatic N) is 2. The summed E-state index contributed by atoms with van der Waals surface area (Å²) in [5.74, 6) is -0.510. The van der Waals surface area contributed by atoms with E-state index in [1.54, 1.807) is 4.57 Å². The highest BCUT2D eigenvalue weighted by Gasteiger charge is 2.18. The molecule has 0 saturated heterocycles. The second-order valence-electron chi connectivity index (χ2n) is 4.16. The van der Waals surface area contributed by atoms with Crippen molar-refractivity contribution in [3.05, 3.63) is 59.1 Å². The van der Waals surface area contributed by atoms with Gasteiger partial charge in [-0.05, 0) is 36.5 Å². The van der Waals surface area contributed by atoms with Gasteiger partial charge in [0.2, 0.25) is 0 Å². The molecule has 6 heteroatoms. The first kappa shape index (κ1) is 12.6. The van der Waals surface area contributed by atoms with Crippen LogP contribution in [-0.4, -0.2) is 19.9 Å². The summed E-state index contributed by atoms with van der Waals surface area (Å²) >= 11 is 5.18. The van der Waals surface area contributed by atoms with E-state index in [0.717, 1.165) is 5.69 Å². The van der Waals surface area contributed by atoms with Crippen LogP contribution in [0.15, 0.2) is 48.5 Å². The molecule has 2 aromatic carbocycles. The molecule has 0 aliphatic carbocycles. The largest absolute Gasteiger partial charge is 0.507 e. The van der Waals surface area contributed by atoms with E-state index in [2.05, 4.69) is 10.2 Å². The van der Waals surface area contributed by atoms with Gasteiger partial charge in [0.1, 0.15) is 11.6 Å². The van der Waals surface area contributed by atoms with Crippen molar-refractivity contribution < 1.29 is 9.50 Å². The van der Waals surface area contributed by atoms with Crippen molar-refractivity contribution in [1.82, 2.24) is 14.8 Å². The number of halogens is 1. The standard InChI is InChI=1S/C14H10FN3OS/c15-10-7-4-8-11(19)12(10)13-16-17-14(20)18(13)9-5-2-1-3-6-9/h1-8,19H,(H,17,20). The third kappa shape index (κ3) is 2.00. The number of rotatable bonds is 2. The van der Waals surface area contributed by atoms with Crippen LogP contribution < -0.4 is 0 Å². The van der Waals surface area contributed by atoms with Gasteiger partial charge in [0, 0.05) is 5.69 Å². The summed E-state index contributed by atoms with van der Waals surface area (Å²) in [7, 11) is 0. The van der Waals surface area contributed by atoms with Gasteiger partial charge in [0.25, 0.3) is 0 Å². The van der Waals surface area contributed by atoms with E-state index in [0.29, 0.717) is 4.77 Å². The number of aromatic amines is 1. The first-order chi connectivity index (χ1) is 9.68. The molecule has 1 aromatic heterocycles. The lowest BCUT2D eigenvalue weighted by molar-refractivity contribution is 0.471. The molecule has 3 rings (SSSR count). The van der Waals surface area contributed by atoms with Crippen LogP contribution in [0.5, 0.6) is 5.75 Å². The Morgan fingerprint density at radius 3 is 2.55 bits per heavy atom. The van der Waals surface area contributed by atoms with Gasteiger partial charge in [-0.15, -0.1) is 0 Å². The van der Waals surface area contributed by atoms with E-state index >= 15 is 0 Å². The molecule has 0 bridgehead atoms. The molecular weight excluding hydrogens is 277 g/mol. The fourth-order valence-corrected chi connectivity index (χ4v) is 2.25. The Balaban J connectivity index is 2.30. The van der Waals surface area contributed by atoms with Gasteiger partial charge in [-0.25, -0.2) is 4.39 Å². The van der Waals surface area contributed by atoms with Gasteiger partial charge in [-0.2, -0.15) is 5.10 Å². The van der Waals surface area contributed by atoms with Crippen LogP contribution in [0.2, 0.25) is 0 Å². The summed E-state index contributed by atoms with van der Waals surface area (Å²) in [6.07, 6.45) is 0. The van der Waals surface area contributed by atoms with Crippen molar-refractivity contribution in [3.8, 4) is 22.8 Å². The molecular formula is C14H10FN3OS. The summed E-state index contributed by atoms with van der Waals surface area (Å²) in [5, 5.41) is 16.5. The number of H-pyrrole nitrogens is 1. The summed E-state index contributed by atoms with van der Waals surface area (Å²) in [4.78, 5) is 0. The Bertz CT molecular complexity index is 791. The number of phenolic OH excluding ortho intramolecular Hbond substituents is 1. The van der Waals surface area contributed by atoms with E-state index in [4.69, 9.17) is 12.2 Å². The second-order valence-corrected chi connectivity index (χ2v) is 4.54. The zero-order chi connectivity index (χ0) is 14.1. The molecule has 0 saturated carbocycles. The van der Waals surface area contributed by atoms with Crippen LogP contribution >= 0.6 is 12.2 Å². The molecule has 0 aliphatic heterocycles. The van der Waals surface area contributed by atoms with Crippen LogP contribution in [0, 0.1) is 10.6 Å². The Morgan fingerprint density at radius 2 is 1.85 bits per heavy atom. The lowest BCUT2D eigenvalue weighted by Gasteiger charge is -2.08. The average Bonchev–Trinajstić information content (AvgIpc) is 2.81. The predicted octanol–water partition coefficient (Wildman–Crippen LogP) is 3.44. The normalized spacial score (nSPS) is 10.7. The Labute approximate surface area is 119 Å². The molecule has 1 heterocycles. The number of phenols is 1. The van der Waals surface area contributed by atoms with E-state index in [1.165, 1.54) is 18.2 Å². The van der Waals surface area contributed by atoms with E-state index < -0.39 is 5.82 Å². The minimum absolute atomic E-state index is 0.0173. The number of para-hydroxylation sites is 1. The number of nitrogens with one attached hydrogen (secondary N) is 1. The van der Waals surface area contributed by atoms with E-state index in [1.807, 2.05) is 30.3 Å². The predicted molar refractivity (Wildman–Crippen MR) is 75.8 cm³/mol. The van der Waals surface area contributed by atoms with Crippen LogP contribution in [0.3, 0.4) is 0 Å². The van der Waals surface area contributed by atoms with Gasteiger partial charge >= 0.3 is 0 Å². The Morgan fingerprint density at radius 1 is 1.10 bits per heavy atom. The molecule has 0 fully saturated rings. The summed E-state index contributed by atoms with van der Waals surface area (Å²) in [6, 6.07) is 13.3. The van der Waals surface area contributed by atoms with Crippen LogP contribution in [0.4, 0.5) is 4.39 Å². The maximum Gasteiger partial charge on any atom is 0.200 e. The fraction of sp³-hybridized carbons (Fsp3) is 0. The lowest BCUT2D eigenvalue weighted by atomic mass is 10.1. The van der Waals surface area contributed by atoms with Crippen molar-refractivity contribution in [2.45, 2.75) is 0 Å². The smallest absolute Gasteiger partial charge is 0.200 e. The minimum atomic E-state index is -0.559. The highest BCUT2D eigenvalue weighted by Crippen LogP contribution is 2.31. The fourth-order valence-electron chi connectivity index (χ4n) is 2.02. The summed E-state index contributed by atoms with van der Waals surface area (Å²) < 4.78 is 15.9. The number of aromatic nitrogens is 3. The molecule has 100 valence electrons. The van der Waals surface area contributed by atoms with Gasteiger partial charge < -0.3 is 5.11 Å².